The van der Waals surface area contributed by atoms with E-state index in [1.165, 1.54) is 0 Å². The van der Waals surface area contributed by atoms with Gasteiger partial charge >= 0.3 is 0 Å². The minimum Gasteiger partial charge on any atom is -0.339 e. The lowest BCUT2D eigenvalue weighted by atomic mass is 10.3. The Morgan fingerprint density at radius 3 is 3.00 bits per heavy atom. The van der Waals surface area contributed by atoms with Crippen LogP contribution in [0.1, 0.15) is 18.1 Å². The molecule has 1 aromatic rings. The standard InChI is InChI=1S/C6H8N2O2/c1-5-7-6(10-8-5)3-2-4-9/h4H,2-3H2,1H3. The number of nitrogens with zero attached hydrogens (tertiary/aromatic N) is 2. The van der Waals surface area contributed by atoms with Gasteiger partial charge in [-0.1, -0.05) is 5.16 Å². The molecular formula is C6H8N2O2. The van der Waals surface area contributed by atoms with Gasteiger partial charge in [0, 0.05) is 12.8 Å². The number of carbonyl (C=O) groups excluding carboxylic acids is 1. The van der Waals surface area contributed by atoms with Gasteiger partial charge in [-0.2, -0.15) is 4.98 Å². The molecule has 0 amide bonds. The molecule has 0 spiro atoms. The van der Waals surface area contributed by atoms with E-state index in [0.29, 0.717) is 24.6 Å². The van der Waals surface area contributed by atoms with Crippen LogP contribution in [0.5, 0.6) is 0 Å². The Bertz CT molecular complexity index is 219. The van der Waals surface area contributed by atoms with Crippen LogP contribution in [0.2, 0.25) is 0 Å². The first-order valence-electron chi connectivity index (χ1n) is 3.06. The van der Waals surface area contributed by atoms with E-state index in [1.807, 2.05) is 0 Å². The Kier molecular flexibility index (Phi) is 2.15. The third kappa shape index (κ3) is 1.65. The maximum absolute atomic E-state index is 9.90. The minimum absolute atomic E-state index is 0.446. The maximum atomic E-state index is 9.90. The fourth-order valence-electron chi connectivity index (χ4n) is 0.624. The first kappa shape index (κ1) is 6.92. The lowest BCUT2D eigenvalue weighted by Gasteiger charge is -1.81. The van der Waals surface area contributed by atoms with Gasteiger partial charge in [-0.25, -0.2) is 0 Å². The zero-order valence-corrected chi connectivity index (χ0v) is 5.70. The zero-order chi connectivity index (χ0) is 7.40. The van der Waals surface area contributed by atoms with Crippen molar-refractivity contribution >= 4 is 6.29 Å². The van der Waals surface area contributed by atoms with Crippen molar-refractivity contribution in [2.75, 3.05) is 0 Å². The summed E-state index contributed by atoms with van der Waals surface area (Å²) in [5.74, 6) is 1.14. The molecule has 0 saturated carbocycles. The summed E-state index contributed by atoms with van der Waals surface area (Å²) in [7, 11) is 0. The Hall–Kier alpha value is -1.19. The Balaban J connectivity index is 2.49. The predicted octanol–water partition coefficient (Wildman–Crippen LogP) is 0.510. The Labute approximate surface area is 58.2 Å². The second-order valence-corrected chi connectivity index (χ2v) is 1.94. The number of aromatic nitrogens is 2. The lowest BCUT2D eigenvalue weighted by molar-refractivity contribution is -0.107. The van der Waals surface area contributed by atoms with Crippen LogP contribution in [0.4, 0.5) is 0 Å². The molecule has 0 aliphatic heterocycles. The molecule has 0 bridgehead atoms. The molecule has 0 fully saturated rings. The van der Waals surface area contributed by atoms with Crippen molar-refractivity contribution in [2.45, 2.75) is 19.8 Å². The summed E-state index contributed by atoms with van der Waals surface area (Å²) in [6, 6.07) is 0. The highest BCUT2D eigenvalue weighted by Crippen LogP contribution is 1.97. The normalized spacial score (nSPS) is 9.70. The summed E-state index contributed by atoms with van der Waals surface area (Å²) in [4.78, 5) is 13.8. The molecule has 54 valence electrons. The van der Waals surface area contributed by atoms with Gasteiger partial charge in [0.2, 0.25) is 5.89 Å². The van der Waals surface area contributed by atoms with E-state index in [9.17, 15) is 4.79 Å². The van der Waals surface area contributed by atoms with Crippen LogP contribution in [-0.2, 0) is 11.2 Å². The molecule has 0 radical (unpaired) electrons. The average Bonchev–Trinajstić information content (AvgIpc) is 2.31. The van der Waals surface area contributed by atoms with Crippen LogP contribution < -0.4 is 0 Å². The van der Waals surface area contributed by atoms with Crippen LogP contribution in [0, 0.1) is 6.92 Å². The highest BCUT2D eigenvalue weighted by atomic mass is 16.5. The van der Waals surface area contributed by atoms with Gasteiger partial charge in [0.25, 0.3) is 0 Å². The summed E-state index contributed by atoms with van der Waals surface area (Å²) in [5.41, 5.74) is 0. The van der Waals surface area contributed by atoms with Gasteiger partial charge < -0.3 is 9.32 Å². The molecule has 1 heterocycles. The van der Waals surface area contributed by atoms with Crippen molar-refractivity contribution in [2.24, 2.45) is 0 Å². The molecule has 0 N–H and O–H groups in total. The third-order valence-corrected chi connectivity index (χ3v) is 1.05. The van der Waals surface area contributed by atoms with Gasteiger partial charge in [0.1, 0.15) is 6.29 Å². The largest absolute Gasteiger partial charge is 0.339 e. The fourth-order valence-corrected chi connectivity index (χ4v) is 0.624. The summed E-state index contributed by atoms with van der Waals surface area (Å²) < 4.78 is 4.75. The molecular weight excluding hydrogens is 132 g/mol. The van der Waals surface area contributed by atoms with Crippen molar-refractivity contribution in [3.63, 3.8) is 0 Å². The summed E-state index contributed by atoms with van der Waals surface area (Å²) >= 11 is 0. The van der Waals surface area contributed by atoms with Crippen LogP contribution in [0.3, 0.4) is 0 Å². The zero-order valence-electron chi connectivity index (χ0n) is 5.70. The highest BCUT2D eigenvalue weighted by molar-refractivity contribution is 5.49. The van der Waals surface area contributed by atoms with Gasteiger partial charge in [0.15, 0.2) is 5.82 Å². The van der Waals surface area contributed by atoms with Crippen molar-refractivity contribution in [1.82, 2.24) is 10.1 Å². The molecule has 4 nitrogen and oxygen atoms in total. The smallest absolute Gasteiger partial charge is 0.227 e. The lowest BCUT2D eigenvalue weighted by Crippen LogP contribution is -1.85. The number of aldehydes is 1. The molecule has 0 unspecified atom stereocenters. The van der Waals surface area contributed by atoms with Crippen molar-refractivity contribution in [1.29, 1.82) is 0 Å². The Morgan fingerprint density at radius 1 is 1.70 bits per heavy atom. The number of carbonyl (C=O) groups is 1. The number of hydrogen-bond acceptors (Lipinski definition) is 4. The van der Waals surface area contributed by atoms with Crippen LogP contribution in [0.25, 0.3) is 0 Å². The van der Waals surface area contributed by atoms with Crippen LogP contribution in [0.15, 0.2) is 4.52 Å². The first-order chi connectivity index (χ1) is 4.83. The SMILES string of the molecule is Cc1noc(CCC=O)n1. The summed E-state index contributed by atoms with van der Waals surface area (Å²) in [6.45, 7) is 1.74. The van der Waals surface area contributed by atoms with Crippen molar-refractivity contribution in [3.8, 4) is 0 Å². The van der Waals surface area contributed by atoms with E-state index in [1.54, 1.807) is 6.92 Å². The molecule has 0 saturated heterocycles. The minimum atomic E-state index is 0.446. The molecule has 1 rings (SSSR count). The van der Waals surface area contributed by atoms with Crippen LogP contribution >= 0.6 is 0 Å². The number of rotatable bonds is 3. The molecule has 0 aliphatic rings. The first-order valence-corrected chi connectivity index (χ1v) is 3.06. The van der Waals surface area contributed by atoms with Crippen molar-refractivity contribution < 1.29 is 9.32 Å². The monoisotopic (exact) mass is 140 g/mol. The summed E-state index contributed by atoms with van der Waals surface area (Å²) in [6.07, 6.45) is 1.82. The predicted molar refractivity (Wildman–Crippen MR) is 33.4 cm³/mol. The fraction of sp³-hybridized carbons (Fsp3) is 0.500. The molecule has 0 aromatic carbocycles. The van der Waals surface area contributed by atoms with E-state index in [-0.39, 0.29) is 0 Å². The van der Waals surface area contributed by atoms with Gasteiger partial charge in [-0.05, 0) is 6.92 Å². The third-order valence-electron chi connectivity index (χ3n) is 1.05. The van der Waals surface area contributed by atoms with Crippen LogP contribution in [-0.4, -0.2) is 16.4 Å². The molecule has 10 heavy (non-hydrogen) atoms. The van der Waals surface area contributed by atoms with E-state index in [2.05, 4.69) is 10.1 Å². The second-order valence-electron chi connectivity index (χ2n) is 1.94. The second kappa shape index (κ2) is 3.10. The molecule has 1 aromatic heterocycles. The Morgan fingerprint density at radius 2 is 2.50 bits per heavy atom. The molecule has 0 atom stereocenters. The average molecular weight is 140 g/mol. The topological polar surface area (TPSA) is 56.0 Å². The van der Waals surface area contributed by atoms with E-state index < -0.39 is 0 Å². The van der Waals surface area contributed by atoms with E-state index in [4.69, 9.17) is 4.52 Å². The molecule has 0 aliphatic carbocycles. The number of aryl methyl sites for hydroxylation is 2. The number of hydrogen-bond donors (Lipinski definition) is 0. The maximum Gasteiger partial charge on any atom is 0.227 e. The van der Waals surface area contributed by atoms with Gasteiger partial charge in [0.05, 0.1) is 0 Å². The van der Waals surface area contributed by atoms with E-state index >= 15 is 0 Å². The van der Waals surface area contributed by atoms with Gasteiger partial charge in [-0.3, -0.25) is 0 Å². The van der Waals surface area contributed by atoms with Gasteiger partial charge in [-0.15, -0.1) is 0 Å². The quantitative estimate of drug-likeness (QED) is 0.574. The highest BCUT2D eigenvalue weighted by Gasteiger charge is 1.99. The molecule has 4 heteroatoms. The van der Waals surface area contributed by atoms with E-state index in [0.717, 1.165) is 6.29 Å². The van der Waals surface area contributed by atoms with Crippen molar-refractivity contribution in [3.05, 3.63) is 11.7 Å². The summed E-state index contributed by atoms with van der Waals surface area (Å²) in [5, 5.41) is 3.57.